The van der Waals surface area contributed by atoms with Crippen molar-refractivity contribution in [1.82, 2.24) is 4.90 Å². The number of primary amides is 1. The molecular weight excluding hydrogens is 276 g/mol. The Hall–Kier alpha value is -2.33. The summed E-state index contributed by atoms with van der Waals surface area (Å²) in [5.74, 6) is -0.199. The quantitative estimate of drug-likeness (QED) is 0.911. The number of likely N-dealkylation sites (tertiary alicyclic amines) is 1. The molecule has 0 aromatic heterocycles. The molecule has 114 valence electrons. The first kappa shape index (κ1) is 14.6. The maximum Gasteiger partial charge on any atom is 0.248 e. The largest absolute Gasteiger partial charge is 0.507 e. The van der Waals surface area contributed by atoms with Crippen LogP contribution in [0.25, 0.3) is 11.1 Å². The number of nitrogens with zero attached hydrogens (tertiary/aromatic N) is 1. The minimum absolute atomic E-state index is 0.247. The van der Waals surface area contributed by atoms with Gasteiger partial charge in [-0.25, -0.2) is 0 Å². The molecule has 1 saturated heterocycles. The molecule has 22 heavy (non-hydrogen) atoms. The van der Waals surface area contributed by atoms with Gasteiger partial charge in [0.1, 0.15) is 5.75 Å². The summed E-state index contributed by atoms with van der Waals surface area (Å²) in [5.41, 5.74) is 8.58. The highest BCUT2D eigenvalue weighted by Crippen LogP contribution is 2.31. The van der Waals surface area contributed by atoms with Gasteiger partial charge >= 0.3 is 0 Å². The Morgan fingerprint density at radius 2 is 1.77 bits per heavy atom. The third kappa shape index (κ3) is 3.12. The zero-order chi connectivity index (χ0) is 15.5. The molecule has 1 aliphatic heterocycles. The Morgan fingerprint density at radius 1 is 1.09 bits per heavy atom. The summed E-state index contributed by atoms with van der Waals surface area (Å²) in [6, 6.07) is 12.7. The minimum atomic E-state index is -0.446. The zero-order valence-electron chi connectivity index (χ0n) is 12.5. The van der Waals surface area contributed by atoms with E-state index in [9.17, 15) is 9.90 Å². The van der Waals surface area contributed by atoms with Crippen LogP contribution < -0.4 is 5.73 Å². The van der Waals surface area contributed by atoms with Crippen molar-refractivity contribution in [2.45, 2.75) is 19.4 Å². The summed E-state index contributed by atoms with van der Waals surface area (Å²) >= 11 is 0. The predicted molar refractivity (Wildman–Crippen MR) is 86.6 cm³/mol. The molecule has 2 aromatic rings. The maximum atomic E-state index is 11.1. The molecule has 0 unspecified atom stereocenters. The second-order valence-corrected chi connectivity index (χ2v) is 5.78. The highest BCUT2D eigenvalue weighted by molar-refractivity contribution is 5.93. The van der Waals surface area contributed by atoms with Crippen molar-refractivity contribution in [3.8, 4) is 16.9 Å². The van der Waals surface area contributed by atoms with Crippen molar-refractivity contribution < 1.29 is 9.90 Å². The van der Waals surface area contributed by atoms with Gasteiger partial charge in [0.2, 0.25) is 5.91 Å². The molecule has 0 radical (unpaired) electrons. The van der Waals surface area contributed by atoms with Gasteiger partial charge in [0, 0.05) is 17.7 Å². The van der Waals surface area contributed by atoms with Crippen molar-refractivity contribution in [3.05, 3.63) is 53.6 Å². The topological polar surface area (TPSA) is 66.6 Å². The number of amides is 1. The fourth-order valence-electron chi connectivity index (χ4n) is 2.93. The molecule has 0 spiro atoms. The van der Waals surface area contributed by atoms with Crippen molar-refractivity contribution in [1.29, 1.82) is 0 Å². The van der Waals surface area contributed by atoms with E-state index in [0.717, 1.165) is 30.8 Å². The maximum absolute atomic E-state index is 11.1. The van der Waals surface area contributed by atoms with E-state index in [1.165, 1.54) is 18.4 Å². The predicted octanol–water partition coefficient (Wildman–Crippen LogP) is 2.75. The highest BCUT2D eigenvalue weighted by Gasteiger charge is 2.13. The van der Waals surface area contributed by atoms with E-state index in [1.807, 2.05) is 24.3 Å². The van der Waals surface area contributed by atoms with Crippen molar-refractivity contribution >= 4 is 5.91 Å². The van der Waals surface area contributed by atoms with Gasteiger partial charge < -0.3 is 10.8 Å². The lowest BCUT2D eigenvalue weighted by molar-refractivity contribution is 0.100. The van der Waals surface area contributed by atoms with Gasteiger partial charge in [0.15, 0.2) is 0 Å². The summed E-state index contributed by atoms with van der Waals surface area (Å²) in [7, 11) is 0. The SMILES string of the molecule is NC(=O)c1ccc(-c2cc(CN3CCCC3)ccc2O)cc1. The number of carbonyl (C=O) groups excluding carboxylic acids is 1. The van der Waals surface area contributed by atoms with Crippen LogP contribution in [-0.2, 0) is 6.54 Å². The molecule has 0 atom stereocenters. The molecule has 4 nitrogen and oxygen atoms in total. The van der Waals surface area contributed by atoms with Crippen molar-refractivity contribution in [2.75, 3.05) is 13.1 Å². The summed E-state index contributed by atoms with van der Waals surface area (Å²) in [5, 5.41) is 10.1. The monoisotopic (exact) mass is 296 g/mol. The molecule has 3 rings (SSSR count). The molecule has 1 amide bonds. The van der Waals surface area contributed by atoms with Crippen LogP contribution in [0, 0.1) is 0 Å². The van der Waals surface area contributed by atoms with Gasteiger partial charge in [-0.1, -0.05) is 18.2 Å². The lowest BCUT2D eigenvalue weighted by Gasteiger charge is -2.16. The number of phenols is 1. The standard InChI is InChI=1S/C18H20N2O2/c19-18(22)15-6-4-14(5-7-15)16-11-13(3-8-17(16)21)12-20-9-1-2-10-20/h3-8,11,21H,1-2,9-10,12H2,(H2,19,22). The first-order valence-electron chi connectivity index (χ1n) is 7.58. The second kappa shape index (κ2) is 6.20. The van der Waals surface area contributed by atoms with Gasteiger partial charge in [0.05, 0.1) is 0 Å². The third-order valence-corrected chi connectivity index (χ3v) is 4.15. The van der Waals surface area contributed by atoms with E-state index in [-0.39, 0.29) is 5.75 Å². The van der Waals surface area contributed by atoms with Gasteiger partial charge in [-0.3, -0.25) is 9.69 Å². The summed E-state index contributed by atoms with van der Waals surface area (Å²) < 4.78 is 0. The van der Waals surface area contributed by atoms with Crippen LogP contribution in [0.2, 0.25) is 0 Å². The van der Waals surface area contributed by atoms with Crippen molar-refractivity contribution in [2.24, 2.45) is 5.73 Å². The fourth-order valence-corrected chi connectivity index (χ4v) is 2.93. The Balaban J connectivity index is 1.86. The molecule has 0 saturated carbocycles. The Morgan fingerprint density at radius 3 is 2.41 bits per heavy atom. The van der Waals surface area contributed by atoms with Gasteiger partial charge in [0.25, 0.3) is 0 Å². The Bertz CT molecular complexity index is 674. The number of hydrogen-bond acceptors (Lipinski definition) is 3. The van der Waals surface area contributed by atoms with Gasteiger partial charge in [-0.2, -0.15) is 0 Å². The summed E-state index contributed by atoms with van der Waals surface area (Å²) in [4.78, 5) is 13.6. The smallest absolute Gasteiger partial charge is 0.248 e. The molecule has 0 aliphatic carbocycles. The van der Waals surface area contributed by atoms with E-state index in [4.69, 9.17) is 5.73 Å². The van der Waals surface area contributed by atoms with Crippen LogP contribution in [0.4, 0.5) is 0 Å². The highest BCUT2D eigenvalue weighted by atomic mass is 16.3. The van der Waals surface area contributed by atoms with Gasteiger partial charge in [-0.05, 0) is 61.3 Å². The molecule has 0 bridgehead atoms. The van der Waals surface area contributed by atoms with Crippen molar-refractivity contribution in [3.63, 3.8) is 0 Å². The number of aromatic hydroxyl groups is 1. The number of phenolic OH excluding ortho intramolecular Hbond substituents is 1. The van der Waals surface area contributed by atoms with E-state index in [0.29, 0.717) is 5.56 Å². The molecule has 2 aromatic carbocycles. The Labute approximate surface area is 130 Å². The van der Waals surface area contributed by atoms with Crippen LogP contribution in [0.5, 0.6) is 5.75 Å². The lowest BCUT2D eigenvalue weighted by atomic mass is 10.0. The molecule has 1 heterocycles. The molecule has 1 aliphatic rings. The molecule has 3 N–H and O–H groups in total. The lowest BCUT2D eigenvalue weighted by Crippen LogP contribution is -2.18. The second-order valence-electron chi connectivity index (χ2n) is 5.78. The number of nitrogens with two attached hydrogens (primary N) is 1. The summed E-state index contributed by atoms with van der Waals surface area (Å²) in [6.45, 7) is 3.19. The van der Waals surface area contributed by atoms with Gasteiger partial charge in [-0.15, -0.1) is 0 Å². The molecular formula is C18H20N2O2. The van der Waals surface area contributed by atoms with Crippen LogP contribution in [-0.4, -0.2) is 29.0 Å². The number of rotatable bonds is 4. The van der Waals surface area contributed by atoms with E-state index >= 15 is 0 Å². The average Bonchev–Trinajstić information content (AvgIpc) is 3.02. The average molecular weight is 296 g/mol. The van der Waals surface area contributed by atoms with E-state index in [2.05, 4.69) is 4.90 Å². The summed E-state index contributed by atoms with van der Waals surface area (Å²) in [6.07, 6.45) is 2.53. The van der Waals surface area contributed by atoms with Crippen LogP contribution in [0.15, 0.2) is 42.5 Å². The van der Waals surface area contributed by atoms with Crippen LogP contribution >= 0.6 is 0 Å². The normalized spacial score (nSPS) is 15.1. The first-order chi connectivity index (χ1) is 10.6. The zero-order valence-corrected chi connectivity index (χ0v) is 12.5. The molecule has 1 fully saturated rings. The number of hydrogen-bond donors (Lipinski definition) is 2. The number of carbonyl (C=O) groups is 1. The van der Waals surface area contributed by atoms with E-state index < -0.39 is 5.91 Å². The Kier molecular flexibility index (Phi) is 4.11. The number of benzene rings is 2. The third-order valence-electron chi connectivity index (χ3n) is 4.15. The first-order valence-corrected chi connectivity index (χ1v) is 7.58. The minimum Gasteiger partial charge on any atom is -0.507 e. The van der Waals surface area contributed by atoms with E-state index in [1.54, 1.807) is 18.2 Å². The molecule has 4 heteroatoms. The van der Waals surface area contributed by atoms with Crippen LogP contribution in [0.1, 0.15) is 28.8 Å². The fraction of sp³-hybridized carbons (Fsp3) is 0.278. The van der Waals surface area contributed by atoms with Crippen LogP contribution in [0.3, 0.4) is 0 Å².